The lowest BCUT2D eigenvalue weighted by atomic mass is 10.2. The van der Waals surface area contributed by atoms with E-state index in [9.17, 15) is 9.18 Å². The molecule has 0 amide bonds. The Bertz CT molecular complexity index is 1070. The van der Waals surface area contributed by atoms with Crippen LogP contribution < -0.4 is 9.47 Å². The van der Waals surface area contributed by atoms with E-state index in [-0.39, 0.29) is 18.1 Å². The largest absolute Gasteiger partial charge is 0.496 e. The van der Waals surface area contributed by atoms with Gasteiger partial charge >= 0.3 is 0 Å². The van der Waals surface area contributed by atoms with Gasteiger partial charge in [0.15, 0.2) is 17.3 Å². The topological polar surface area (TPSA) is 51.7 Å². The molecule has 0 spiro atoms. The van der Waals surface area contributed by atoms with E-state index in [0.717, 1.165) is 11.1 Å². The van der Waals surface area contributed by atoms with Gasteiger partial charge < -0.3 is 9.47 Å². The van der Waals surface area contributed by atoms with Crippen LogP contribution in [0.2, 0.25) is 5.02 Å². The van der Waals surface area contributed by atoms with Crippen LogP contribution >= 0.6 is 22.9 Å². The van der Waals surface area contributed by atoms with Gasteiger partial charge in [-0.25, -0.2) is 9.37 Å². The lowest BCUT2D eigenvalue weighted by molar-refractivity contribution is 0.0946. The molecular weight excluding hydrogens is 427 g/mol. The van der Waals surface area contributed by atoms with Crippen LogP contribution in [0.25, 0.3) is 10.6 Å². The molecule has 1 aromatic heterocycles. The minimum absolute atomic E-state index is 0.0411. The van der Waals surface area contributed by atoms with E-state index < -0.39 is 5.82 Å². The molecule has 5 nitrogen and oxygen atoms in total. The van der Waals surface area contributed by atoms with Crippen molar-refractivity contribution < 1.29 is 18.7 Å². The Morgan fingerprint density at radius 3 is 2.57 bits per heavy atom. The SMILES string of the molecule is COc1ccc(CN(C)CC(=O)c2sc(-c3ccc(Cl)cc3OC)nc2C)cc1F. The number of benzene rings is 2. The zero-order valence-corrected chi connectivity index (χ0v) is 18.7. The normalized spacial score (nSPS) is 11.0. The average molecular weight is 449 g/mol. The van der Waals surface area contributed by atoms with Crippen molar-refractivity contribution in [1.82, 2.24) is 9.88 Å². The number of nitrogens with zero attached hydrogens (tertiary/aromatic N) is 2. The Kier molecular flexibility index (Phi) is 7.07. The lowest BCUT2D eigenvalue weighted by Gasteiger charge is -2.16. The predicted octanol–water partition coefficient (Wildman–Crippen LogP) is 5.24. The number of hydrogen-bond donors (Lipinski definition) is 0. The van der Waals surface area contributed by atoms with E-state index in [1.165, 1.54) is 24.5 Å². The lowest BCUT2D eigenvalue weighted by Crippen LogP contribution is -2.25. The average Bonchev–Trinajstić information content (AvgIpc) is 3.09. The molecule has 8 heteroatoms. The maximum Gasteiger partial charge on any atom is 0.188 e. The van der Waals surface area contributed by atoms with Gasteiger partial charge in [0.2, 0.25) is 0 Å². The van der Waals surface area contributed by atoms with Gasteiger partial charge in [-0.05, 0) is 49.9 Å². The summed E-state index contributed by atoms with van der Waals surface area (Å²) in [4.78, 5) is 19.9. The summed E-state index contributed by atoms with van der Waals surface area (Å²) in [7, 11) is 4.81. The summed E-state index contributed by atoms with van der Waals surface area (Å²) < 4.78 is 24.2. The van der Waals surface area contributed by atoms with Gasteiger partial charge in [0.25, 0.3) is 0 Å². The fraction of sp³-hybridized carbons (Fsp3) is 0.273. The number of carbonyl (C=O) groups excluding carboxylic acids is 1. The number of likely N-dealkylation sites (N-methyl/N-ethyl adjacent to an activating group) is 1. The van der Waals surface area contributed by atoms with E-state index >= 15 is 0 Å². The summed E-state index contributed by atoms with van der Waals surface area (Å²) in [6.07, 6.45) is 0. The first kappa shape index (κ1) is 22.2. The van der Waals surface area contributed by atoms with Gasteiger partial charge in [-0.1, -0.05) is 17.7 Å². The number of carbonyl (C=O) groups is 1. The van der Waals surface area contributed by atoms with E-state index in [4.69, 9.17) is 21.1 Å². The Balaban J connectivity index is 1.74. The van der Waals surface area contributed by atoms with Gasteiger partial charge in [0, 0.05) is 11.6 Å². The summed E-state index contributed by atoms with van der Waals surface area (Å²) in [6.45, 7) is 2.44. The van der Waals surface area contributed by atoms with Crippen molar-refractivity contribution in [3.05, 3.63) is 63.4 Å². The number of aromatic nitrogens is 1. The molecule has 0 aliphatic heterocycles. The second kappa shape index (κ2) is 9.55. The first-order chi connectivity index (χ1) is 14.3. The molecule has 158 valence electrons. The van der Waals surface area contributed by atoms with Crippen molar-refractivity contribution in [3.63, 3.8) is 0 Å². The third-order valence-electron chi connectivity index (χ3n) is 4.53. The first-order valence-electron chi connectivity index (χ1n) is 9.18. The highest BCUT2D eigenvalue weighted by Crippen LogP contribution is 2.36. The standard InChI is InChI=1S/C22H22ClFN2O3S/c1-13-21(30-22(25-13)16-7-6-15(23)10-20(16)29-4)18(27)12-26(2)11-14-5-8-19(28-3)17(24)9-14/h5-10H,11-12H2,1-4H3. The molecule has 0 saturated heterocycles. The molecule has 0 fully saturated rings. The van der Waals surface area contributed by atoms with Crippen molar-refractivity contribution in [1.29, 1.82) is 0 Å². The van der Waals surface area contributed by atoms with Crippen LogP contribution in [-0.2, 0) is 6.54 Å². The molecule has 0 N–H and O–H groups in total. The minimum atomic E-state index is -0.422. The number of hydrogen-bond acceptors (Lipinski definition) is 6. The van der Waals surface area contributed by atoms with Crippen LogP contribution in [0.15, 0.2) is 36.4 Å². The summed E-state index contributed by atoms with van der Waals surface area (Å²) in [5.41, 5.74) is 2.22. The van der Waals surface area contributed by atoms with Crippen LogP contribution in [0, 0.1) is 12.7 Å². The number of ether oxygens (including phenoxy) is 2. The maximum absolute atomic E-state index is 13.9. The summed E-state index contributed by atoms with van der Waals surface area (Å²) in [5, 5.41) is 1.26. The van der Waals surface area contributed by atoms with E-state index in [1.807, 2.05) is 24.9 Å². The predicted molar refractivity (Wildman–Crippen MR) is 117 cm³/mol. The van der Waals surface area contributed by atoms with E-state index in [1.54, 1.807) is 31.4 Å². The second-order valence-electron chi connectivity index (χ2n) is 6.84. The Morgan fingerprint density at radius 1 is 1.17 bits per heavy atom. The summed E-state index contributed by atoms with van der Waals surface area (Å²) >= 11 is 7.36. The molecule has 30 heavy (non-hydrogen) atoms. The number of Topliss-reactive ketones (excluding diaryl/α,β-unsaturated/α-hetero) is 1. The number of ketones is 1. The number of aryl methyl sites for hydroxylation is 1. The number of thiazole rings is 1. The van der Waals surface area contributed by atoms with Crippen molar-refractivity contribution in [3.8, 4) is 22.1 Å². The van der Waals surface area contributed by atoms with Gasteiger partial charge in [0.1, 0.15) is 10.8 Å². The molecule has 0 aliphatic carbocycles. The quantitative estimate of drug-likeness (QED) is 0.441. The van der Waals surface area contributed by atoms with Crippen LogP contribution in [0.5, 0.6) is 11.5 Å². The fourth-order valence-electron chi connectivity index (χ4n) is 3.10. The molecule has 0 atom stereocenters. The molecular formula is C22H22ClFN2O3S. The molecule has 0 bridgehead atoms. The second-order valence-corrected chi connectivity index (χ2v) is 8.28. The molecule has 0 saturated carbocycles. The zero-order chi connectivity index (χ0) is 21.8. The Hall–Kier alpha value is -2.48. The molecule has 0 radical (unpaired) electrons. The van der Waals surface area contributed by atoms with Gasteiger partial charge in [0.05, 0.1) is 36.9 Å². The van der Waals surface area contributed by atoms with Crippen LogP contribution in [0.1, 0.15) is 20.9 Å². The van der Waals surface area contributed by atoms with E-state index in [2.05, 4.69) is 4.98 Å². The maximum atomic E-state index is 13.9. The molecule has 0 aliphatic rings. The van der Waals surface area contributed by atoms with Gasteiger partial charge in [-0.15, -0.1) is 11.3 Å². The van der Waals surface area contributed by atoms with Crippen molar-refractivity contribution in [2.75, 3.05) is 27.8 Å². The van der Waals surface area contributed by atoms with Crippen molar-refractivity contribution >= 4 is 28.7 Å². The van der Waals surface area contributed by atoms with Crippen molar-refractivity contribution in [2.45, 2.75) is 13.5 Å². The highest BCUT2D eigenvalue weighted by Gasteiger charge is 2.20. The third kappa shape index (κ3) is 4.98. The molecule has 3 rings (SSSR count). The van der Waals surface area contributed by atoms with Gasteiger partial charge in [-0.3, -0.25) is 9.69 Å². The molecule has 1 heterocycles. The zero-order valence-electron chi connectivity index (χ0n) is 17.2. The highest BCUT2D eigenvalue weighted by atomic mass is 35.5. The molecule has 2 aromatic carbocycles. The number of rotatable bonds is 8. The van der Waals surface area contributed by atoms with Gasteiger partial charge in [-0.2, -0.15) is 0 Å². The Morgan fingerprint density at radius 2 is 1.90 bits per heavy atom. The van der Waals surface area contributed by atoms with Crippen LogP contribution in [0.3, 0.4) is 0 Å². The summed E-state index contributed by atoms with van der Waals surface area (Å²) in [6, 6.07) is 10.1. The fourth-order valence-corrected chi connectivity index (χ4v) is 4.29. The monoisotopic (exact) mass is 448 g/mol. The smallest absolute Gasteiger partial charge is 0.188 e. The minimum Gasteiger partial charge on any atom is -0.496 e. The van der Waals surface area contributed by atoms with Crippen LogP contribution in [0.4, 0.5) is 4.39 Å². The Labute approximate surface area is 184 Å². The number of halogens is 2. The summed E-state index contributed by atoms with van der Waals surface area (Å²) in [5.74, 6) is 0.340. The van der Waals surface area contributed by atoms with Crippen LogP contribution in [-0.4, -0.2) is 43.5 Å². The van der Waals surface area contributed by atoms with Crippen molar-refractivity contribution in [2.24, 2.45) is 0 Å². The third-order valence-corrected chi connectivity index (χ3v) is 5.99. The highest BCUT2D eigenvalue weighted by molar-refractivity contribution is 7.17. The first-order valence-corrected chi connectivity index (χ1v) is 10.4. The van der Waals surface area contributed by atoms with E-state index in [0.29, 0.717) is 32.9 Å². The molecule has 0 unspecified atom stereocenters. The molecule has 3 aromatic rings. The number of methoxy groups -OCH3 is 2.